The number of nitro benzene ring substituents is 1. The van der Waals surface area contributed by atoms with Gasteiger partial charge in [-0.15, -0.1) is 0 Å². The first-order valence-corrected chi connectivity index (χ1v) is 10.3. The minimum absolute atomic E-state index is 0.0454. The monoisotopic (exact) mass is 436 g/mol. The third-order valence-corrected chi connectivity index (χ3v) is 5.90. The van der Waals surface area contributed by atoms with E-state index in [4.69, 9.17) is 9.15 Å². The lowest BCUT2D eigenvalue weighted by molar-refractivity contribution is -0.384. The average Bonchev–Trinajstić information content (AvgIpc) is 3.21. The summed E-state index contributed by atoms with van der Waals surface area (Å²) >= 11 is 0. The van der Waals surface area contributed by atoms with E-state index in [0.717, 1.165) is 5.70 Å². The van der Waals surface area contributed by atoms with E-state index in [2.05, 4.69) is 5.32 Å². The van der Waals surface area contributed by atoms with Gasteiger partial charge < -0.3 is 14.5 Å². The molecule has 1 atom stereocenters. The number of esters is 1. The van der Waals surface area contributed by atoms with Gasteiger partial charge in [0.1, 0.15) is 11.5 Å². The number of dihydropyridines is 1. The van der Waals surface area contributed by atoms with Gasteiger partial charge in [-0.05, 0) is 30.9 Å². The van der Waals surface area contributed by atoms with Gasteiger partial charge in [0.05, 0.1) is 23.5 Å². The summed E-state index contributed by atoms with van der Waals surface area (Å²) in [6.45, 7) is 5.85. The molecule has 2 aliphatic rings. The van der Waals surface area contributed by atoms with Crippen molar-refractivity contribution in [2.75, 3.05) is 7.11 Å². The normalized spacial score (nSPS) is 20.0. The molecule has 2 aromatic rings. The van der Waals surface area contributed by atoms with E-state index in [0.29, 0.717) is 46.8 Å². The van der Waals surface area contributed by atoms with Crippen molar-refractivity contribution in [1.29, 1.82) is 0 Å². The molecule has 8 nitrogen and oxygen atoms in total. The second kappa shape index (κ2) is 7.78. The molecule has 4 rings (SSSR count). The van der Waals surface area contributed by atoms with Crippen molar-refractivity contribution >= 4 is 17.4 Å². The number of non-ortho nitro benzene ring substituents is 1. The number of ketones is 1. The van der Waals surface area contributed by atoms with E-state index >= 15 is 0 Å². The van der Waals surface area contributed by atoms with Crippen molar-refractivity contribution in [1.82, 2.24) is 5.32 Å². The molecule has 1 aliphatic heterocycles. The molecule has 0 saturated heterocycles. The SMILES string of the molecule is COC(=O)C1=C(C)NC2=C(C(=O)CC(C)(C)C2)[C@H]1c1ccc(-c2cccc([N+](=O)[O-])c2)o1. The molecule has 0 bridgehead atoms. The van der Waals surface area contributed by atoms with Crippen LogP contribution in [0.4, 0.5) is 5.69 Å². The topological polar surface area (TPSA) is 112 Å². The molecule has 1 aromatic heterocycles. The smallest absolute Gasteiger partial charge is 0.336 e. The van der Waals surface area contributed by atoms with Crippen molar-refractivity contribution < 1.29 is 23.7 Å². The van der Waals surface area contributed by atoms with Gasteiger partial charge in [-0.25, -0.2) is 4.79 Å². The van der Waals surface area contributed by atoms with Crippen LogP contribution in [0, 0.1) is 15.5 Å². The summed E-state index contributed by atoms with van der Waals surface area (Å²) in [7, 11) is 1.30. The van der Waals surface area contributed by atoms with Gasteiger partial charge in [0.25, 0.3) is 5.69 Å². The number of carbonyl (C=O) groups is 2. The zero-order valence-electron chi connectivity index (χ0n) is 18.4. The number of nitrogens with one attached hydrogen (secondary N) is 1. The van der Waals surface area contributed by atoms with E-state index in [1.807, 2.05) is 13.8 Å². The highest BCUT2D eigenvalue weighted by molar-refractivity contribution is 6.04. The molecule has 166 valence electrons. The second-order valence-corrected chi connectivity index (χ2v) is 8.93. The Morgan fingerprint density at radius 2 is 2.00 bits per heavy atom. The third-order valence-electron chi connectivity index (χ3n) is 5.90. The highest BCUT2D eigenvalue weighted by Crippen LogP contribution is 2.47. The Bertz CT molecular complexity index is 1200. The number of carbonyl (C=O) groups excluding carboxylic acids is 2. The summed E-state index contributed by atoms with van der Waals surface area (Å²) in [4.78, 5) is 36.6. The summed E-state index contributed by atoms with van der Waals surface area (Å²) in [5.74, 6) is -0.480. The van der Waals surface area contributed by atoms with Gasteiger partial charge in [0.15, 0.2) is 5.78 Å². The molecule has 0 unspecified atom stereocenters. The molecule has 32 heavy (non-hydrogen) atoms. The summed E-state index contributed by atoms with van der Waals surface area (Å²) < 4.78 is 11.1. The Morgan fingerprint density at radius 1 is 1.25 bits per heavy atom. The molecule has 1 aliphatic carbocycles. The van der Waals surface area contributed by atoms with Crippen molar-refractivity contribution in [2.45, 2.75) is 39.5 Å². The van der Waals surface area contributed by atoms with Crippen LogP contribution < -0.4 is 5.32 Å². The lowest BCUT2D eigenvalue weighted by atomic mass is 9.69. The molecular weight excluding hydrogens is 412 g/mol. The highest BCUT2D eigenvalue weighted by Gasteiger charge is 2.44. The fourth-order valence-electron chi connectivity index (χ4n) is 4.54. The zero-order valence-corrected chi connectivity index (χ0v) is 18.4. The Kier molecular flexibility index (Phi) is 5.24. The van der Waals surface area contributed by atoms with Crippen molar-refractivity contribution in [3.63, 3.8) is 0 Å². The number of allylic oxidation sites excluding steroid dienone is 3. The molecule has 1 N–H and O–H groups in total. The van der Waals surface area contributed by atoms with Crippen LogP contribution in [0.25, 0.3) is 11.3 Å². The largest absolute Gasteiger partial charge is 0.466 e. The van der Waals surface area contributed by atoms with Crippen LogP contribution >= 0.6 is 0 Å². The van der Waals surface area contributed by atoms with Crippen LogP contribution in [0.15, 0.2) is 63.4 Å². The molecule has 0 saturated carbocycles. The average molecular weight is 436 g/mol. The number of methoxy groups -OCH3 is 1. The number of nitrogens with zero attached hydrogens (tertiary/aromatic N) is 1. The molecule has 1 aromatic carbocycles. The number of Topliss-reactive ketones (excluding diaryl/α,β-unsaturated/α-hetero) is 1. The number of hydrogen-bond acceptors (Lipinski definition) is 7. The van der Waals surface area contributed by atoms with E-state index < -0.39 is 16.8 Å². The lowest BCUT2D eigenvalue weighted by Crippen LogP contribution is -2.38. The number of benzene rings is 1. The summed E-state index contributed by atoms with van der Waals surface area (Å²) in [6.07, 6.45) is 1.02. The quantitative estimate of drug-likeness (QED) is 0.422. The highest BCUT2D eigenvalue weighted by atomic mass is 16.6. The number of hydrogen-bond donors (Lipinski definition) is 1. The van der Waals surface area contributed by atoms with E-state index in [1.54, 1.807) is 31.2 Å². The number of furan rings is 1. The summed E-state index contributed by atoms with van der Waals surface area (Å²) in [5, 5.41) is 14.4. The van der Waals surface area contributed by atoms with E-state index in [9.17, 15) is 19.7 Å². The molecule has 0 fully saturated rings. The third kappa shape index (κ3) is 3.72. The molecule has 0 radical (unpaired) electrons. The van der Waals surface area contributed by atoms with Crippen LogP contribution in [0.2, 0.25) is 0 Å². The van der Waals surface area contributed by atoms with Gasteiger partial charge in [0.2, 0.25) is 0 Å². The standard InChI is InChI=1S/C24H24N2O6/c1-13-20(23(28)31-4)22(21-16(25-13)11-24(2,3)12-17(21)27)19-9-8-18(32-19)14-6-5-7-15(10-14)26(29)30/h5-10,22,25H,11-12H2,1-4H3/t22-/m0/s1. The predicted molar refractivity (Wildman–Crippen MR) is 116 cm³/mol. The van der Waals surface area contributed by atoms with E-state index in [-0.39, 0.29) is 16.9 Å². The van der Waals surface area contributed by atoms with Crippen molar-refractivity contribution in [3.8, 4) is 11.3 Å². The Labute approximate surface area is 185 Å². The second-order valence-electron chi connectivity index (χ2n) is 8.93. The minimum atomic E-state index is -0.713. The maximum absolute atomic E-state index is 13.2. The van der Waals surface area contributed by atoms with Crippen molar-refractivity contribution in [2.24, 2.45) is 5.41 Å². The van der Waals surface area contributed by atoms with Gasteiger partial charge in [0, 0.05) is 41.1 Å². The fraction of sp³-hybridized carbons (Fsp3) is 0.333. The first-order valence-electron chi connectivity index (χ1n) is 10.3. The van der Waals surface area contributed by atoms with Crippen LogP contribution in [-0.4, -0.2) is 23.8 Å². The first kappa shape index (κ1) is 21.5. The van der Waals surface area contributed by atoms with Crippen LogP contribution in [0.3, 0.4) is 0 Å². The molecular formula is C24H24N2O6. The Balaban J connectivity index is 1.83. The summed E-state index contributed by atoms with van der Waals surface area (Å²) in [6, 6.07) is 9.51. The number of rotatable bonds is 4. The maximum Gasteiger partial charge on any atom is 0.336 e. The van der Waals surface area contributed by atoms with Gasteiger partial charge in [-0.2, -0.15) is 0 Å². The number of nitro groups is 1. The summed E-state index contributed by atoms with van der Waals surface area (Å²) in [5.41, 5.74) is 2.50. The van der Waals surface area contributed by atoms with Gasteiger partial charge in [-0.1, -0.05) is 26.0 Å². The van der Waals surface area contributed by atoms with Gasteiger partial charge >= 0.3 is 5.97 Å². The Hall–Kier alpha value is -3.68. The lowest BCUT2D eigenvalue weighted by Gasteiger charge is -2.38. The first-order chi connectivity index (χ1) is 15.1. The zero-order chi connectivity index (χ0) is 23.2. The van der Waals surface area contributed by atoms with Gasteiger partial charge in [-0.3, -0.25) is 14.9 Å². The Morgan fingerprint density at radius 3 is 2.69 bits per heavy atom. The fourth-order valence-corrected chi connectivity index (χ4v) is 4.54. The maximum atomic E-state index is 13.2. The van der Waals surface area contributed by atoms with E-state index in [1.165, 1.54) is 19.2 Å². The molecule has 2 heterocycles. The minimum Gasteiger partial charge on any atom is -0.466 e. The molecule has 0 spiro atoms. The van der Waals surface area contributed by atoms with Crippen LogP contribution in [0.5, 0.6) is 0 Å². The van der Waals surface area contributed by atoms with Crippen LogP contribution in [0.1, 0.15) is 45.3 Å². The van der Waals surface area contributed by atoms with Crippen molar-refractivity contribution in [3.05, 3.63) is 74.8 Å². The number of ether oxygens (including phenoxy) is 1. The van der Waals surface area contributed by atoms with Crippen LogP contribution in [-0.2, 0) is 14.3 Å². The molecule has 8 heteroatoms. The molecule has 0 amide bonds. The predicted octanol–water partition coefficient (Wildman–Crippen LogP) is 4.63.